The monoisotopic (exact) mass is 565 g/mol. The van der Waals surface area contributed by atoms with Crippen molar-refractivity contribution in [2.45, 2.75) is 33.3 Å². The molecule has 0 bridgehead atoms. The molecule has 0 saturated carbocycles. The number of aliphatic carboxylic acids is 1. The second kappa shape index (κ2) is 11.4. The van der Waals surface area contributed by atoms with Crippen LogP contribution in [0.2, 0.25) is 5.02 Å². The van der Waals surface area contributed by atoms with Gasteiger partial charge in [0.05, 0.1) is 10.4 Å². The molecule has 0 spiro atoms. The van der Waals surface area contributed by atoms with E-state index in [9.17, 15) is 14.3 Å². The Hall–Kier alpha value is -4.02. The predicted molar refractivity (Wildman–Crippen MR) is 152 cm³/mol. The van der Waals surface area contributed by atoms with Crippen LogP contribution in [-0.4, -0.2) is 38.8 Å². The number of rotatable bonds is 9. The molecule has 5 rings (SSSR count). The number of aryl methyl sites for hydroxylation is 1. The lowest BCUT2D eigenvalue weighted by atomic mass is 9.94. The lowest BCUT2D eigenvalue weighted by molar-refractivity contribution is -0.137. The minimum absolute atomic E-state index is 0.195. The molecule has 8 nitrogen and oxygen atoms in total. The van der Waals surface area contributed by atoms with Crippen LogP contribution < -0.4 is 10.1 Å². The molecular formula is C28H25ClFN5O3S. The van der Waals surface area contributed by atoms with Crippen molar-refractivity contribution >= 4 is 62.4 Å². The SMILES string of the molecule is C/C=N\N(CC(=O)O)C1=C(C)c2sc3ncnc(Nc4ccc(OCc5cccc(F)c5)c(Cl)c4)c3c2CC1. The van der Waals surface area contributed by atoms with Gasteiger partial charge in [-0.2, -0.15) is 5.10 Å². The summed E-state index contributed by atoms with van der Waals surface area (Å²) >= 11 is 8.05. The molecule has 0 unspecified atom stereocenters. The molecule has 0 amide bonds. The summed E-state index contributed by atoms with van der Waals surface area (Å²) in [6.07, 6.45) is 4.46. The van der Waals surface area contributed by atoms with Crippen LogP contribution in [0.15, 0.2) is 59.6 Å². The summed E-state index contributed by atoms with van der Waals surface area (Å²) in [6.45, 7) is 3.75. The van der Waals surface area contributed by atoms with E-state index in [4.69, 9.17) is 16.3 Å². The number of carboxylic acid groups (broad SMARTS) is 1. The van der Waals surface area contributed by atoms with Gasteiger partial charge in [-0.25, -0.2) is 14.4 Å². The number of hydrogen-bond acceptors (Lipinski definition) is 8. The Bertz CT molecular complexity index is 1620. The molecule has 2 heterocycles. The first-order valence-electron chi connectivity index (χ1n) is 12.2. The normalized spacial score (nSPS) is 13.1. The van der Waals surface area contributed by atoms with E-state index in [2.05, 4.69) is 20.4 Å². The van der Waals surface area contributed by atoms with Gasteiger partial charge in [0.2, 0.25) is 0 Å². The van der Waals surface area contributed by atoms with Gasteiger partial charge in [0.25, 0.3) is 0 Å². The number of nitrogens with zero attached hydrogens (tertiary/aromatic N) is 4. The van der Waals surface area contributed by atoms with Gasteiger partial charge >= 0.3 is 5.97 Å². The highest BCUT2D eigenvalue weighted by molar-refractivity contribution is 7.20. The Labute approximate surface area is 233 Å². The van der Waals surface area contributed by atoms with Crippen LogP contribution in [0.5, 0.6) is 5.75 Å². The second-order valence-corrected chi connectivity index (χ2v) is 10.3. The number of carbonyl (C=O) groups is 1. The first kappa shape index (κ1) is 26.6. The Morgan fingerprint density at radius 2 is 2.13 bits per heavy atom. The maximum atomic E-state index is 13.4. The Kier molecular flexibility index (Phi) is 7.76. The molecule has 0 radical (unpaired) electrons. The van der Waals surface area contributed by atoms with Crippen LogP contribution in [0.4, 0.5) is 15.9 Å². The van der Waals surface area contributed by atoms with Crippen molar-refractivity contribution < 1.29 is 19.0 Å². The van der Waals surface area contributed by atoms with Crippen LogP contribution in [0.3, 0.4) is 0 Å². The van der Waals surface area contributed by atoms with E-state index < -0.39 is 5.97 Å². The van der Waals surface area contributed by atoms with E-state index in [0.717, 1.165) is 37.6 Å². The number of benzene rings is 2. The topological polar surface area (TPSA) is 99.9 Å². The maximum Gasteiger partial charge on any atom is 0.325 e. The molecule has 1 aliphatic carbocycles. The highest BCUT2D eigenvalue weighted by Gasteiger charge is 2.27. The summed E-state index contributed by atoms with van der Waals surface area (Å²) in [5.74, 6) is -0.111. The zero-order valence-corrected chi connectivity index (χ0v) is 22.8. The van der Waals surface area contributed by atoms with Crippen LogP contribution >= 0.6 is 22.9 Å². The van der Waals surface area contributed by atoms with Crippen molar-refractivity contribution in [1.82, 2.24) is 15.0 Å². The number of carboxylic acids is 1. The van der Waals surface area contributed by atoms with Gasteiger partial charge in [-0.15, -0.1) is 11.3 Å². The Balaban J connectivity index is 1.41. The molecule has 39 heavy (non-hydrogen) atoms. The van der Waals surface area contributed by atoms with E-state index in [1.165, 1.54) is 18.5 Å². The smallest absolute Gasteiger partial charge is 0.325 e. The number of ether oxygens (including phenoxy) is 1. The van der Waals surface area contributed by atoms with Crippen molar-refractivity contribution in [2.24, 2.45) is 5.10 Å². The summed E-state index contributed by atoms with van der Waals surface area (Å²) < 4.78 is 19.2. The Morgan fingerprint density at radius 3 is 2.87 bits per heavy atom. The van der Waals surface area contributed by atoms with Crippen molar-refractivity contribution in [3.63, 3.8) is 0 Å². The molecule has 2 aromatic carbocycles. The average Bonchev–Trinajstić information content (AvgIpc) is 3.29. The molecule has 4 aromatic rings. The third-order valence-corrected chi connectivity index (χ3v) is 7.86. The molecule has 11 heteroatoms. The first-order chi connectivity index (χ1) is 18.8. The fraction of sp³-hybridized carbons (Fsp3) is 0.214. The molecule has 2 N–H and O–H groups in total. The summed E-state index contributed by atoms with van der Waals surface area (Å²) in [4.78, 5) is 22.3. The molecule has 1 aliphatic rings. The zero-order chi connectivity index (χ0) is 27.5. The van der Waals surface area contributed by atoms with Crippen molar-refractivity contribution in [3.8, 4) is 5.75 Å². The Morgan fingerprint density at radius 1 is 1.28 bits per heavy atom. The second-order valence-electron chi connectivity index (χ2n) is 8.90. The number of nitrogens with one attached hydrogen (secondary N) is 1. The third-order valence-electron chi connectivity index (χ3n) is 6.30. The fourth-order valence-corrected chi connectivity index (χ4v) is 6.05. The number of hydrogen-bond donors (Lipinski definition) is 2. The molecule has 0 fully saturated rings. The minimum Gasteiger partial charge on any atom is -0.487 e. The van der Waals surface area contributed by atoms with Crippen molar-refractivity contribution in [2.75, 3.05) is 11.9 Å². The van der Waals surface area contributed by atoms with E-state index in [0.29, 0.717) is 35.0 Å². The average molecular weight is 566 g/mol. The van der Waals surface area contributed by atoms with Gasteiger partial charge in [-0.05, 0) is 73.7 Å². The van der Waals surface area contributed by atoms with E-state index >= 15 is 0 Å². The molecule has 2 aromatic heterocycles. The zero-order valence-electron chi connectivity index (χ0n) is 21.2. The van der Waals surface area contributed by atoms with Crippen LogP contribution in [0.1, 0.15) is 36.3 Å². The summed E-state index contributed by atoms with van der Waals surface area (Å²) in [7, 11) is 0. The minimum atomic E-state index is -0.940. The highest BCUT2D eigenvalue weighted by Crippen LogP contribution is 2.44. The third kappa shape index (κ3) is 5.71. The quantitative estimate of drug-likeness (QED) is 0.169. The van der Waals surface area contributed by atoms with E-state index in [1.54, 1.807) is 53.7 Å². The molecule has 0 atom stereocenters. The maximum absolute atomic E-state index is 13.4. The molecule has 200 valence electrons. The fourth-order valence-electron chi connectivity index (χ4n) is 4.61. The highest BCUT2D eigenvalue weighted by atomic mass is 35.5. The largest absolute Gasteiger partial charge is 0.487 e. The number of anilines is 2. The van der Waals surface area contributed by atoms with Crippen molar-refractivity contribution in [3.05, 3.63) is 81.3 Å². The standard InChI is InChI=1S/C28H25ClFN5O3S/c1-3-33-35(13-24(36)37)22-9-8-20-25-27(31-15-32-28(25)39-26(20)16(22)2)34-19-7-10-23(21(29)12-19)38-14-17-5-4-6-18(30)11-17/h3-7,10-12,15H,8-9,13-14H2,1-2H3,(H,36,37)(H,31,32,34)/b33-3-. The lowest BCUT2D eigenvalue weighted by Gasteiger charge is -2.26. The number of thiophene rings is 1. The first-order valence-corrected chi connectivity index (χ1v) is 13.4. The van der Waals surface area contributed by atoms with Gasteiger partial charge in [0, 0.05) is 22.5 Å². The van der Waals surface area contributed by atoms with Crippen LogP contribution in [-0.2, 0) is 17.8 Å². The number of aromatic nitrogens is 2. The number of fused-ring (bicyclic) bond motifs is 3. The summed E-state index contributed by atoms with van der Waals surface area (Å²) in [5.41, 5.74) is 4.43. The number of allylic oxidation sites excluding steroid dienone is 2. The lowest BCUT2D eigenvalue weighted by Crippen LogP contribution is -2.26. The summed E-state index contributed by atoms with van der Waals surface area (Å²) in [5, 5.41) is 19.9. The molecular weight excluding hydrogens is 541 g/mol. The van der Waals surface area contributed by atoms with Crippen molar-refractivity contribution in [1.29, 1.82) is 0 Å². The molecule has 0 saturated heterocycles. The van der Waals surface area contributed by atoms with Gasteiger partial charge in [-0.3, -0.25) is 9.80 Å². The molecule has 0 aliphatic heterocycles. The van der Waals surface area contributed by atoms with Crippen LogP contribution in [0.25, 0.3) is 15.8 Å². The van der Waals surface area contributed by atoms with Crippen LogP contribution in [0, 0.1) is 5.82 Å². The number of hydrazone groups is 1. The van der Waals surface area contributed by atoms with E-state index in [-0.39, 0.29) is 19.0 Å². The van der Waals surface area contributed by atoms with Gasteiger partial charge in [0.1, 0.15) is 41.7 Å². The van der Waals surface area contributed by atoms with E-state index in [1.807, 2.05) is 13.0 Å². The predicted octanol–water partition coefficient (Wildman–Crippen LogP) is 6.88. The number of halogens is 2. The van der Waals surface area contributed by atoms with Gasteiger partial charge in [0.15, 0.2) is 0 Å². The van der Waals surface area contributed by atoms with Gasteiger partial charge in [-0.1, -0.05) is 23.7 Å². The summed E-state index contributed by atoms with van der Waals surface area (Å²) in [6, 6.07) is 11.6. The van der Waals surface area contributed by atoms with Gasteiger partial charge < -0.3 is 15.2 Å².